The Hall–Kier alpha value is -2.71. The summed E-state index contributed by atoms with van der Waals surface area (Å²) in [6.07, 6.45) is 6.98. The molecule has 2 fully saturated rings. The predicted octanol–water partition coefficient (Wildman–Crippen LogP) is 3.05. The maximum absolute atomic E-state index is 12.8. The molecule has 2 aliphatic rings. The Morgan fingerprint density at radius 1 is 1.17 bits per heavy atom. The van der Waals surface area contributed by atoms with Crippen LogP contribution in [0.4, 0.5) is 0 Å². The number of rotatable bonds is 5. The summed E-state index contributed by atoms with van der Waals surface area (Å²) >= 11 is 1.56. The molecule has 2 saturated heterocycles. The second-order valence-corrected chi connectivity index (χ2v) is 8.93. The van der Waals surface area contributed by atoms with Crippen LogP contribution in [0.1, 0.15) is 36.9 Å². The molecular weight excluding hydrogens is 400 g/mol. The number of hydrogen-bond acceptors (Lipinski definition) is 5. The highest BCUT2D eigenvalue weighted by Crippen LogP contribution is 2.39. The molecule has 0 radical (unpaired) electrons. The number of hydroxylamine groups is 2. The van der Waals surface area contributed by atoms with Crippen molar-refractivity contribution < 1.29 is 14.4 Å². The van der Waals surface area contributed by atoms with Gasteiger partial charge in [-0.25, -0.2) is 10.0 Å². The molecule has 8 heteroatoms. The molecule has 0 saturated carbocycles. The lowest BCUT2D eigenvalue weighted by Gasteiger charge is -2.43. The number of imidazole rings is 1. The number of thiazole rings is 1. The van der Waals surface area contributed by atoms with Crippen LogP contribution in [0.25, 0.3) is 4.96 Å². The van der Waals surface area contributed by atoms with E-state index in [1.54, 1.807) is 16.4 Å². The van der Waals surface area contributed by atoms with Gasteiger partial charge in [-0.15, -0.1) is 11.3 Å². The number of hydrogen-bond donors (Lipinski definition) is 0. The largest absolute Gasteiger partial charge is 0.342 e. The van der Waals surface area contributed by atoms with Crippen LogP contribution in [0.15, 0.2) is 48.1 Å². The summed E-state index contributed by atoms with van der Waals surface area (Å²) in [6.45, 7) is 1.66. The average Bonchev–Trinajstić information content (AvgIpc) is 3.43. The van der Waals surface area contributed by atoms with Crippen molar-refractivity contribution >= 4 is 28.1 Å². The van der Waals surface area contributed by atoms with Gasteiger partial charge in [0, 0.05) is 37.3 Å². The summed E-state index contributed by atoms with van der Waals surface area (Å²) in [6, 6.07) is 9.89. The smallest absolute Gasteiger partial charge is 0.246 e. The van der Waals surface area contributed by atoms with E-state index in [0.717, 1.165) is 35.5 Å². The molecule has 0 unspecified atom stereocenters. The summed E-state index contributed by atoms with van der Waals surface area (Å²) in [7, 11) is 0. The first kappa shape index (κ1) is 19.3. The topological polar surface area (TPSA) is 67.2 Å². The molecule has 156 valence electrons. The Kier molecular flexibility index (Phi) is 5.04. The second-order valence-electron chi connectivity index (χ2n) is 8.05. The van der Waals surface area contributed by atoms with Gasteiger partial charge in [-0.1, -0.05) is 30.3 Å². The third-order valence-electron chi connectivity index (χ3n) is 6.19. The van der Waals surface area contributed by atoms with Gasteiger partial charge in [-0.05, 0) is 24.8 Å². The number of carbonyl (C=O) groups excluding carboxylic acids is 2. The zero-order valence-corrected chi connectivity index (χ0v) is 17.5. The quantitative estimate of drug-likeness (QED) is 0.631. The number of likely N-dealkylation sites (tertiary alicyclic amines) is 1. The van der Waals surface area contributed by atoms with Crippen molar-refractivity contribution in [1.82, 2.24) is 19.3 Å². The minimum atomic E-state index is -0.292. The van der Waals surface area contributed by atoms with Gasteiger partial charge in [0.2, 0.25) is 11.8 Å². The van der Waals surface area contributed by atoms with Gasteiger partial charge < -0.3 is 4.90 Å². The molecule has 3 aromatic rings. The maximum Gasteiger partial charge on any atom is 0.246 e. The van der Waals surface area contributed by atoms with Crippen LogP contribution in [-0.2, 0) is 27.5 Å². The van der Waals surface area contributed by atoms with Crippen LogP contribution in [0.3, 0.4) is 0 Å². The van der Waals surface area contributed by atoms with Gasteiger partial charge in [0.05, 0.1) is 17.7 Å². The van der Waals surface area contributed by atoms with E-state index < -0.39 is 0 Å². The van der Waals surface area contributed by atoms with E-state index in [0.29, 0.717) is 32.5 Å². The number of aromatic nitrogens is 2. The zero-order chi connectivity index (χ0) is 20.6. The Morgan fingerprint density at radius 3 is 2.73 bits per heavy atom. The SMILES string of the molecule is O=C(Cc1cn2ccsc2n1)N1CCC2(CCC(=O)N2OCc2ccccc2)CC1. The van der Waals surface area contributed by atoms with Crippen LogP contribution < -0.4 is 0 Å². The molecule has 1 spiro atoms. The highest BCUT2D eigenvalue weighted by Gasteiger charge is 2.48. The average molecular weight is 425 g/mol. The maximum atomic E-state index is 12.8. The van der Waals surface area contributed by atoms with Crippen LogP contribution >= 0.6 is 11.3 Å². The van der Waals surface area contributed by atoms with Crippen molar-refractivity contribution in [3.8, 4) is 0 Å². The van der Waals surface area contributed by atoms with Crippen molar-refractivity contribution in [3.63, 3.8) is 0 Å². The molecular formula is C22H24N4O3S. The minimum Gasteiger partial charge on any atom is -0.342 e. The van der Waals surface area contributed by atoms with Gasteiger partial charge in [0.1, 0.15) is 6.61 Å². The molecule has 4 heterocycles. The van der Waals surface area contributed by atoms with Crippen molar-refractivity contribution in [2.75, 3.05) is 13.1 Å². The highest BCUT2D eigenvalue weighted by atomic mass is 32.1. The number of amides is 2. The lowest BCUT2D eigenvalue weighted by Crippen LogP contribution is -2.54. The molecule has 0 bridgehead atoms. The second kappa shape index (κ2) is 7.85. The minimum absolute atomic E-state index is 0.0452. The lowest BCUT2D eigenvalue weighted by atomic mass is 9.86. The Morgan fingerprint density at radius 2 is 1.97 bits per heavy atom. The molecule has 1 aromatic carbocycles. The third-order valence-corrected chi connectivity index (χ3v) is 6.96. The van der Waals surface area contributed by atoms with Crippen molar-refractivity contribution in [1.29, 1.82) is 0 Å². The summed E-state index contributed by atoms with van der Waals surface area (Å²) < 4.78 is 1.95. The Labute approximate surface area is 178 Å². The molecule has 2 aliphatic heterocycles. The number of nitrogens with zero attached hydrogens (tertiary/aromatic N) is 4. The van der Waals surface area contributed by atoms with E-state index in [4.69, 9.17) is 4.84 Å². The first-order valence-corrected chi connectivity index (χ1v) is 11.2. The monoisotopic (exact) mass is 424 g/mol. The number of benzene rings is 1. The molecule has 7 nitrogen and oxygen atoms in total. The number of fused-ring (bicyclic) bond motifs is 1. The summed E-state index contributed by atoms with van der Waals surface area (Å²) in [5.41, 5.74) is 1.55. The fraction of sp³-hybridized carbons (Fsp3) is 0.409. The normalized spacial score (nSPS) is 18.6. The third kappa shape index (κ3) is 3.61. The summed E-state index contributed by atoms with van der Waals surface area (Å²) in [4.78, 5) is 38.6. The van der Waals surface area contributed by atoms with Gasteiger partial charge in [-0.3, -0.25) is 18.8 Å². The number of piperidine rings is 1. The molecule has 0 N–H and O–H groups in total. The molecule has 30 heavy (non-hydrogen) atoms. The van der Waals surface area contributed by atoms with Gasteiger partial charge in [0.15, 0.2) is 4.96 Å². The fourth-order valence-corrected chi connectivity index (χ4v) is 5.20. The van der Waals surface area contributed by atoms with Gasteiger partial charge in [0.25, 0.3) is 0 Å². The first-order chi connectivity index (χ1) is 14.6. The van der Waals surface area contributed by atoms with Crippen LogP contribution in [0.2, 0.25) is 0 Å². The summed E-state index contributed by atoms with van der Waals surface area (Å²) in [5.74, 6) is 0.139. The zero-order valence-electron chi connectivity index (χ0n) is 16.7. The van der Waals surface area contributed by atoms with Crippen molar-refractivity contribution in [3.05, 3.63) is 59.4 Å². The molecule has 0 aliphatic carbocycles. The fourth-order valence-electron chi connectivity index (χ4n) is 4.48. The standard InChI is InChI=1S/C22H24N4O3S/c27-19-6-7-22(26(19)29-16-17-4-2-1-3-5-17)8-10-24(11-9-22)20(28)14-18-15-25-12-13-30-21(25)23-18/h1-5,12-13,15H,6-11,14,16H2. The van der Waals surface area contributed by atoms with E-state index in [1.807, 2.05) is 57.4 Å². The Bertz CT molecular complexity index is 1020. The lowest BCUT2D eigenvalue weighted by molar-refractivity contribution is -0.222. The van der Waals surface area contributed by atoms with E-state index in [-0.39, 0.29) is 17.4 Å². The van der Waals surface area contributed by atoms with Crippen LogP contribution in [0, 0.1) is 0 Å². The molecule has 2 aromatic heterocycles. The van der Waals surface area contributed by atoms with E-state index >= 15 is 0 Å². The highest BCUT2D eigenvalue weighted by molar-refractivity contribution is 7.15. The van der Waals surface area contributed by atoms with Crippen molar-refractivity contribution in [2.45, 2.75) is 44.2 Å². The Balaban J connectivity index is 1.20. The van der Waals surface area contributed by atoms with Crippen molar-refractivity contribution in [2.24, 2.45) is 0 Å². The van der Waals surface area contributed by atoms with Gasteiger partial charge in [-0.2, -0.15) is 0 Å². The van der Waals surface area contributed by atoms with E-state index in [1.165, 1.54) is 0 Å². The molecule has 0 atom stereocenters. The van der Waals surface area contributed by atoms with E-state index in [9.17, 15) is 9.59 Å². The van der Waals surface area contributed by atoms with Gasteiger partial charge >= 0.3 is 0 Å². The molecule has 5 rings (SSSR count). The summed E-state index contributed by atoms with van der Waals surface area (Å²) in [5, 5.41) is 3.60. The first-order valence-electron chi connectivity index (χ1n) is 10.3. The predicted molar refractivity (Wildman–Crippen MR) is 113 cm³/mol. The van der Waals surface area contributed by atoms with Crippen LogP contribution in [-0.4, -0.2) is 49.8 Å². The van der Waals surface area contributed by atoms with E-state index in [2.05, 4.69) is 4.98 Å². The molecule has 2 amide bonds. The van der Waals surface area contributed by atoms with Crippen LogP contribution in [0.5, 0.6) is 0 Å². The number of carbonyl (C=O) groups is 2.